The first-order chi connectivity index (χ1) is 29.3. The third-order valence-electron chi connectivity index (χ3n) is 12.9. The van der Waals surface area contributed by atoms with Gasteiger partial charge in [-0.1, -0.05) is 133 Å². The summed E-state index contributed by atoms with van der Waals surface area (Å²) in [7, 11) is 0. The summed E-state index contributed by atoms with van der Waals surface area (Å²) in [6, 6.07) is 64.8. The van der Waals surface area contributed by atoms with Gasteiger partial charge < -0.3 is 18.8 Å². The molecule has 0 atom stereocenters. The number of fused-ring (bicyclic) bond motifs is 15. The van der Waals surface area contributed by atoms with E-state index in [-0.39, 0.29) is 0 Å². The van der Waals surface area contributed by atoms with Crippen molar-refractivity contribution in [3.63, 3.8) is 0 Å². The van der Waals surface area contributed by atoms with Crippen LogP contribution in [0.25, 0.3) is 44.9 Å². The summed E-state index contributed by atoms with van der Waals surface area (Å²) in [4.78, 5) is 2.31. The van der Waals surface area contributed by atoms with E-state index in [4.69, 9.17) is 13.9 Å². The molecule has 2 heterocycles. The molecule has 0 radical (unpaired) electrons. The zero-order chi connectivity index (χ0) is 38.7. The van der Waals surface area contributed by atoms with Crippen LogP contribution in [-0.4, -0.2) is 0 Å². The average molecular weight is 758 g/mol. The molecule has 0 amide bonds. The van der Waals surface area contributed by atoms with E-state index in [2.05, 4.69) is 181 Å². The molecule has 59 heavy (non-hydrogen) atoms. The molecule has 3 aliphatic carbocycles. The second-order valence-corrected chi connectivity index (χ2v) is 15.8. The minimum absolute atomic E-state index is 0.468. The fourth-order valence-electron chi connectivity index (χ4n) is 10.5. The minimum atomic E-state index is -0.468. The van der Waals surface area contributed by atoms with Gasteiger partial charge in [0.2, 0.25) is 0 Å². The molecule has 13 rings (SSSR count). The minimum Gasteiger partial charge on any atom is -0.456 e. The molecule has 0 saturated carbocycles. The highest BCUT2D eigenvalue weighted by Gasteiger charge is 2.52. The van der Waals surface area contributed by atoms with Crippen LogP contribution in [-0.2, 0) is 11.8 Å². The van der Waals surface area contributed by atoms with Crippen LogP contribution in [0.5, 0.6) is 23.0 Å². The second kappa shape index (κ2) is 12.2. The lowest BCUT2D eigenvalue weighted by Crippen LogP contribution is -2.25. The van der Waals surface area contributed by atoms with E-state index < -0.39 is 5.41 Å². The van der Waals surface area contributed by atoms with Crippen molar-refractivity contribution in [1.82, 2.24) is 0 Å². The van der Waals surface area contributed by atoms with Crippen LogP contribution >= 0.6 is 0 Å². The van der Waals surface area contributed by atoms with Crippen LogP contribution in [0.4, 0.5) is 17.1 Å². The van der Waals surface area contributed by atoms with Crippen LogP contribution < -0.4 is 14.4 Å². The quantitative estimate of drug-likeness (QED) is 0.179. The number of hydrogen-bond donors (Lipinski definition) is 0. The number of para-hydroxylation sites is 4. The summed E-state index contributed by atoms with van der Waals surface area (Å²) in [6.45, 7) is 0. The van der Waals surface area contributed by atoms with Crippen molar-refractivity contribution >= 4 is 39.7 Å². The third kappa shape index (κ3) is 4.49. The molecule has 1 aromatic heterocycles. The van der Waals surface area contributed by atoms with Gasteiger partial charge in [-0.15, -0.1) is 0 Å². The number of hydrogen-bond acceptors (Lipinski definition) is 4. The van der Waals surface area contributed by atoms with Crippen molar-refractivity contribution in [2.24, 2.45) is 0 Å². The molecule has 0 N–H and O–H groups in total. The zero-order valence-electron chi connectivity index (χ0n) is 32.0. The second-order valence-electron chi connectivity index (χ2n) is 15.8. The van der Waals surface area contributed by atoms with Gasteiger partial charge in [0.25, 0.3) is 0 Å². The first-order valence-electron chi connectivity index (χ1n) is 20.4. The lowest BCUT2D eigenvalue weighted by Gasteiger charge is -2.33. The zero-order valence-corrected chi connectivity index (χ0v) is 32.0. The van der Waals surface area contributed by atoms with Gasteiger partial charge in [-0.05, 0) is 118 Å². The molecule has 0 saturated heterocycles. The Labute approximate surface area is 341 Å². The number of anilines is 3. The van der Waals surface area contributed by atoms with Crippen molar-refractivity contribution in [1.29, 1.82) is 0 Å². The maximum Gasteiger partial charge on any atom is 0.194 e. The van der Waals surface area contributed by atoms with Crippen LogP contribution in [0.1, 0.15) is 45.6 Å². The summed E-state index contributed by atoms with van der Waals surface area (Å²) in [5, 5.41) is 1.20. The topological polar surface area (TPSA) is 34.8 Å². The van der Waals surface area contributed by atoms with Gasteiger partial charge in [-0.25, -0.2) is 0 Å². The number of furan rings is 1. The molecule has 4 nitrogen and oxygen atoms in total. The highest BCUT2D eigenvalue weighted by molar-refractivity contribution is 5.98. The Morgan fingerprint density at radius 1 is 0.441 bits per heavy atom. The molecule has 0 unspecified atom stereocenters. The molecular weight excluding hydrogens is 723 g/mol. The van der Waals surface area contributed by atoms with E-state index in [0.29, 0.717) is 23.0 Å². The first kappa shape index (κ1) is 32.5. The number of allylic oxidation sites excluding steroid dienone is 1. The Morgan fingerprint density at radius 3 is 1.81 bits per heavy atom. The Bertz CT molecular complexity index is 3200. The number of ether oxygens (including phenoxy) is 2. The molecule has 0 fully saturated rings. The average Bonchev–Trinajstić information content (AvgIpc) is 3.92. The van der Waals surface area contributed by atoms with Crippen LogP contribution in [0.3, 0.4) is 0 Å². The smallest absolute Gasteiger partial charge is 0.194 e. The summed E-state index contributed by atoms with van der Waals surface area (Å²) in [6.07, 6.45) is 4.06. The SMILES string of the molecule is C1=C(c2ccccc2N(c2ccccc2)c2cccc3c2Oc2cc4c(cc2O3)C2(c3ccccc3-c3ccccc32)c2ccccc2-4)CCc2c1oc1ccccc21. The maximum absolute atomic E-state index is 7.13. The van der Waals surface area contributed by atoms with E-state index >= 15 is 0 Å². The lowest BCUT2D eigenvalue weighted by molar-refractivity contribution is 0.360. The largest absolute Gasteiger partial charge is 0.456 e. The predicted molar refractivity (Wildman–Crippen MR) is 236 cm³/mol. The van der Waals surface area contributed by atoms with Crippen molar-refractivity contribution in [2.75, 3.05) is 4.90 Å². The van der Waals surface area contributed by atoms with Gasteiger partial charge in [0, 0.05) is 22.2 Å². The lowest BCUT2D eigenvalue weighted by atomic mass is 9.70. The monoisotopic (exact) mass is 757 g/mol. The fourth-order valence-corrected chi connectivity index (χ4v) is 10.5. The molecule has 0 bridgehead atoms. The van der Waals surface area contributed by atoms with Gasteiger partial charge in [0.15, 0.2) is 23.0 Å². The molecule has 1 aliphatic heterocycles. The number of nitrogens with zero attached hydrogens (tertiary/aromatic N) is 1. The van der Waals surface area contributed by atoms with Gasteiger partial charge in [0.1, 0.15) is 11.3 Å². The first-order valence-corrected chi connectivity index (χ1v) is 20.4. The van der Waals surface area contributed by atoms with E-state index in [1.54, 1.807) is 0 Å². The van der Waals surface area contributed by atoms with E-state index in [9.17, 15) is 0 Å². The number of benzene rings is 8. The van der Waals surface area contributed by atoms with Gasteiger partial charge >= 0.3 is 0 Å². The molecule has 4 heteroatoms. The molecule has 9 aromatic rings. The highest BCUT2D eigenvalue weighted by atomic mass is 16.6. The Kier molecular flexibility index (Phi) is 6.74. The Hall–Kier alpha value is -7.56. The van der Waals surface area contributed by atoms with Crippen molar-refractivity contribution in [2.45, 2.75) is 18.3 Å². The number of rotatable bonds is 4. The van der Waals surface area contributed by atoms with Gasteiger partial charge in [-0.2, -0.15) is 0 Å². The molecule has 278 valence electrons. The Balaban J connectivity index is 0.967. The van der Waals surface area contributed by atoms with Gasteiger partial charge in [0.05, 0.1) is 16.8 Å². The summed E-state index contributed by atoms with van der Waals surface area (Å²) in [5.41, 5.74) is 17.1. The Morgan fingerprint density at radius 2 is 1.05 bits per heavy atom. The normalized spacial score (nSPS) is 14.5. The molecule has 4 aliphatic rings. The maximum atomic E-state index is 7.13. The summed E-state index contributed by atoms with van der Waals surface area (Å²) in [5.74, 6) is 3.70. The fraction of sp³-hybridized carbons (Fsp3) is 0.0545. The number of aryl methyl sites for hydroxylation is 1. The van der Waals surface area contributed by atoms with Crippen molar-refractivity contribution in [3.8, 4) is 45.3 Å². The van der Waals surface area contributed by atoms with E-state index in [0.717, 1.165) is 52.4 Å². The molecular formula is C55H35NO3. The summed E-state index contributed by atoms with van der Waals surface area (Å²) >= 11 is 0. The van der Waals surface area contributed by atoms with Crippen molar-refractivity contribution < 1.29 is 13.9 Å². The van der Waals surface area contributed by atoms with E-state index in [1.165, 1.54) is 55.5 Å². The standard InChI is InChI=1S/C55H35NO3/c1-2-15-35(16-3-1)56(47-25-12-7-17-36(47)34-29-30-41-40-21-8-13-27-49(40)57-51(41)31-34)48-26-14-28-50-54(48)59-52-32-42-39-20-6-11-24-45(39)55(46(42)33-53(52)58-50)43-22-9-4-18-37(43)38-19-5-10-23-44(38)55/h1-28,31-33H,29-30H2. The summed E-state index contributed by atoms with van der Waals surface area (Å²) < 4.78 is 20.5. The third-order valence-corrected chi connectivity index (χ3v) is 12.9. The van der Waals surface area contributed by atoms with Crippen LogP contribution in [0, 0.1) is 0 Å². The highest BCUT2D eigenvalue weighted by Crippen LogP contribution is 2.65. The predicted octanol–water partition coefficient (Wildman–Crippen LogP) is 14.6. The van der Waals surface area contributed by atoms with Crippen LogP contribution in [0.2, 0.25) is 0 Å². The van der Waals surface area contributed by atoms with Crippen molar-refractivity contribution in [3.05, 3.63) is 221 Å². The van der Waals surface area contributed by atoms with E-state index in [1.807, 2.05) is 12.1 Å². The van der Waals surface area contributed by atoms with Gasteiger partial charge in [-0.3, -0.25) is 0 Å². The molecule has 1 spiro atoms. The molecule has 8 aromatic carbocycles. The van der Waals surface area contributed by atoms with Crippen LogP contribution in [0.15, 0.2) is 186 Å².